The topological polar surface area (TPSA) is 65.1 Å². The second-order valence-electron chi connectivity index (χ2n) is 4.67. The molecule has 1 aromatic heterocycles. The van der Waals surface area contributed by atoms with E-state index in [0.29, 0.717) is 15.8 Å². The number of amides is 1. The third-order valence-corrected chi connectivity index (χ3v) is 3.44. The molecule has 1 aromatic carbocycles. The lowest BCUT2D eigenvalue weighted by Gasteiger charge is -2.20. The minimum absolute atomic E-state index is 0.332. The molecule has 0 aliphatic carbocycles. The van der Waals surface area contributed by atoms with Gasteiger partial charge in [-0.1, -0.05) is 24.4 Å². The highest BCUT2D eigenvalue weighted by Crippen LogP contribution is 2.17. The van der Waals surface area contributed by atoms with Crippen molar-refractivity contribution in [3.05, 3.63) is 64.2 Å². The number of H-pyrrole nitrogens is 1. The maximum atomic E-state index is 12.9. The summed E-state index contributed by atoms with van der Waals surface area (Å²) in [7, 11) is 0. The Labute approximate surface area is 126 Å². The molecule has 0 fully saturated rings. The lowest BCUT2D eigenvalue weighted by molar-refractivity contribution is 0.0851. The van der Waals surface area contributed by atoms with E-state index in [-0.39, 0.29) is 11.7 Å². The van der Waals surface area contributed by atoms with Crippen LogP contribution in [0.3, 0.4) is 0 Å². The number of nitrogens with one attached hydrogen (secondary N) is 2. The Balaban J connectivity index is 2.09. The van der Waals surface area contributed by atoms with Crippen LogP contribution in [0.15, 0.2) is 42.6 Å². The number of aliphatic hydroxyl groups is 1. The van der Waals surface area contributed by atoms with Crippen LogP contribution in [0.25, 0.3) is 0 Å². The molecule has 0 radical (unpaired) electrons. The molecule has 1 amide bonds. The number of aromatic nitrogens is 1. The Hall–Kier alpha value is -2.05. The third kappa shape index (κ3) is 3.74. The van der Waals surface area contributed by atoms with Gasteiger partial charge < -0.3 is 15.4 Å². The van der Waals surface area contributed by atoms with Crippen LogP contribution >= 0.6 is 12.2 Å². The van der Waals surface area contributed by atoms with E-state index in [1.165, 1.54) is 24.3 Å². The summed E-state index contributed by atoms with van der Waals surface area (Å²) in [5.41, 5.74) is 0.869. The molecule has 1 heterocycles. The highest BCUT2D eigenvalue weighted by molar-refractivity contribution is 7.71. The first kappa shape index (κ1) is 15.3. The smallest absolute Gasteiger partial charge is 0.254 e. The van der Waals surface area contributed by atoms with Gasteiger partial charge in [-0.15, -0.1) is 0 Å². The van der Waals surface area contributed by atoms with Gasteiger partial charge in [0.15, 0.2) is 0 Å². The van der Waals surface area contributed by atoms with Gasteiger partial charge in [0.1, 0.15) is 10.5 Å². The Morgan fingerprint density at radius 3 is 2.62 bits per heavy atom. The lowest BCUT2D eigenvalue weighted by atomic mass is 10.0. The van der Waals surface area contributed by atoms with Gasteiger partial charge >= 0.3 is 0 Å². The molecule has 6 heteroatoms. The van der Waals surface area contributed by atoms with Gasteiger partial charge in [0, 0.05) is 6.20 Å². The fraction of sp³-hybridized carbons (Fsp3) is 0.200. The number of hydrogen-bond donors (Lipinski definition) is 3. The molecular formula is C15H15FN2O2S. The zero-order valence-electron chi connectivity index (χ0n) is 11.3. The van der Waals surface area contributed by atoms with Crippen molar-refractivity contribution in [1.29, 1.82) is 0 Å². The summed E-state index contributed by atoms with van der Waals surface area (Å²) < 4.78 is 13.2. The number of benzene rings is 1. The first-order valence-electron chi connectivity index (χ1n) is 6.41. The summed E-state index contributed by atoms with van der Waals surface area (Å²) in [5, 5.41) is 12.9. The van der Waals surface area contributed by atoms with Crippen molar-refractivity contribution < 1.29 is 14.3 Å². The summed E-state index contributed by atoms with van der Waals surface area (Å²) in [6.45, 7) is 1.67. The van der Waals surface area contributed by atoms with Crippen LogP contribution in [0.4, 0.5) is 4.39 Å². The predicted octanol–water partition coefficient (Wildman–Crippen LogP) is 2.74. The number of carbonyl (C=O) groups is 1. The number of hydrogen-bond acceptors (Lipinski definition) is 3. The van der Waals surface area contributed by atoms with Crippen LogP contribution in [-0.4, -0.2) is 22.0 Å². The van der Waals surface area contributed by atoms with E-state index in [0.717, 1.165) is 0 Å². The van der Waals surface area contributed by atoms with Crippen LogP contribution in [0.2, 0.25) is 0 Å². The first-order valence-corrected chi connectivity index (χ1v) is 6.82. The van der Waals surface area contributed by atoms with Crippen molar-refractivity contribution in [2.75, 3.05) is 0 Å². The molecule has 2 aromatic rings. The maximum absolute atomic E-state index is 12.9. The van der Waals surface area contributed by atoms with Crippen LogP contribution in [-0.2, 0) is 0 Å². The standard InChI is InChI=1S/C15H15FN2O2S/c1-9(13(19)10-4-6-11(16)7-5-10)18-14(20)12-3-2-8-17-15(12)21/h2-9,13,19H,1H3,(H,17,21)(H,18,20). The molecule has 0 bridgehead atoms. The molecule has 2 rings (SSSR count). The largest absolute Gasteiger partial charge is 0.386 e. The van der Waals surface area contributed by atoms with Crippen molar-refractivity contribution in [3.63, 3.8) is 0 Å². The molecule has 2 unspecified atom stereocenters. The number of aromatic amines is 1. The number of rotatable bonds is 4. The highest BCUT2D eigenvalue weighted by Gasteiger charge is 2.19. The molecule has 110 valence electrons. The van der Waals surface area contributed by atoms with E-state index >= 15 is 0 Å². The van der Waals surface area contributed by atoms with E-state index in [2.05, 4.69) is 10.3 Å². The normalized spacial score (nSPS) is 13.5. The third-order valence-electron chi connectivity index (χ3n) is 3.11. The maximum Gasteiger partial charge on any atom is 0.254 e. The van der Waals surface area contributed by atoms with Crippen LogP contribution in [0.5, 0.6) is 0 Å². The van der Waals surface area contributed by atoms with Crippen LogP contribution < -0.4 is 5.32 Å². The van der Waals surface area contributed by atoms with E-state index < -0.39 is 12.1 Å². The molecule has 0 saturated carbocycles. The number of aliphatic hydroxyl groups excluding tert-OH is 1. The second-order valence-corrected chi connectivity index (χ2v) is 5.08. The Morgan fingerprint density at radius 1 is 1.33 bits per heavy atom. The van der Waals surface area contributed by atoms with Gasteiger partial charge in [-0.3, -0.25) is 4.79 Å². The highest BCUT2D eigenvalue weighted by atomic mass is 32.1. The van der Waals surface area contributed by atoms with Crippen molar-refractivity contribution >= 4 is 18.1 Å². The Morgan fingerprint density at radius 2 is 2.00 bits per heavy atom. The van der Waals surface area contributed by atoms with E-state index in [9.17, 15) is 14.3 Å². The molecule has 21 heavy (non-hydrogen) atoms. The zero-order valence-corrected chi connectivity index (χ0v) is 12.2. The fourth-order valence-corrected chi connectivity index (χ4v) is 2.14. The van der Waals surface area contributed by atoms with Gasteiger partial charge in [0.2, 0.25) is 0 Å². The van der Waals surface area contributed by atoms with Gasteiger partial charge in [-0.25, -0.2) is 4.39 Å². The SMILES string of the molecule is CC(NC(=O)c1ccc[nH]c1=S)C(O)c1ccc(F)cc1. The van der Waals surface area contributed by atoms with Crippen molar-refractivity contribution in [1.82, 2.24) is 10.3 Å². The predicted molar refractivity (Wildman–Crippen MR) is 79.9 cm³/mol. The van der Waals surface area contributed by atoms with Gasteiger partial charge in [0.25, 0.3) is 5.91 Å². The van der Waals surface area contributed by atoms with Crippen molar-refractivity contribution in [2.24, 2.45) is 0 Å². The van der Waals surface area contributed by atoms with E-state index in [4.69, 9.17) is 12.2 Å². The van der Waals surface area contributed by atoms with E-state index in [1.54, 1.807) is 25.3 Å². The summed E-state index contributed by atoms with van der Waals surface area (Å²) in [5.74, 6) is -0.747. The zero-order chi connectivity index (χ0) is 15.4. The quantitative estimate of drug-likeness (QED) is 0.761. The van der Waals surface area contributed by atoms with E-state index in [1.807, 2.05) is 0 Å². The molecule has 0 aliphatic rings. The number of pyridine rings is 1. The summed E-state index contributed by atoms with van der Waals surface area (Å²) in [6, 6.07) is 8.23. The monoisotopic (exact) mass is 306 g/mol. The van der Waals surface area contributed by atoms with Crippen LogP contribution in [0.1, 0.15) is 28.9 Å². The average molecular weight is 306 g/mol. The Bertz CT molecular complexity index is 685. The molecule has 4 nitrogen and oxygen atoms in total. The lowest BCUT2D eigenvalue weighted by Crippen LogP contribution is -2.37. The molecule has 0 saturated heterocycles. The summed E-state index contributed by atoms with van der Waals surface area (Å²) in [6.07, 6.45) is 0.700. The van der Waals surface area contributed by atoms with Crippen molar-refractivity contribution in [3.8, 4) is 0 Å². The summed E-state index contributed by atoms with van der Waals surface area (Å²) >= 11 is 5.03. The van der Waals surface area contributed by atoms with Gasteiger partial charge in [-0.05, 0) is 36.8 Å². The minimum atomic E-state index is -0.934. The molecule has 2 atom stereocenters. The van der Waals surface area contributed by atoms with Crippen LogP contribution in [0, 0.1) is 10.5 Å². The minimum Gasteiger partial charge on any atom is -0.386 e. The molecular weight excluding hydrogens is 291 g/mol. The molecule has 0 spiro atoms. The first-order chi connectivity index (χ1) is 9.99. The van der Waals surface area contributed by atoms with Gasteiger partial charge in [0.05, 0.1) is 17.7 Å². The van der Waals surface area contributed by atoms with Gasteiger partial charge in [-0.2, -0.15) is 0 Å². The molecule has 0 aliphatic heterocycles. The van der Waals surface area contributed by atoms with Crippen molar-refractivity contribution in [2.45, 2.75) is 19.1 Å². The Kier molecular flexibility index (Phi) is 4.82. The second kappa shape index (κ2) is 6.60. The average Bonchev–Trinajstić information content (AvgIpc) is 2.47. The molecule has 3 N–H and O–H groups in total. The number of halogens is 1. The number of carbonyl (C=O) groups excluding carboxylic acids is 1. The summed E-state index contributed by atoms with van der Waals surface area (Å²) in [4.78, 5) is 14.9. The fourth-order valence-electron chi connectivity index (χ4n) is 1.91.